The van der Waals surface area contributed by atoms with Gasteiger partial charge in [-0.3, -0.25) is 4.79 Å². The van der Waals surface area contributed by atoms with Crippen molar-refractivity contribution in [3.8, 4) is 0 Å². The van der Waals surface area contributed by atoms with Gasteiger partial charge in [-0.05, 0) is 0 Å². The van der Waals surface area contributed by atoms with E-state index in [1.54, 1.807) is 12.1 Å². The summed E-state index contributed by atoms with van der Waals surface area (Å²) < 4.78 is 25.8. The molecular weight excluding hydrogens is 520 g/mol. The Hall–Kier alpha value is 0.604. The van der Waals surface area contributed by atoms with Crippen LogP contribution in [0.25, 0.3) is 5.70 Å². The molecule has 0 N–H and O–H groups in total. The third-order valence-corrected chi connectivity index (χ3v) is 4.37. The van der Waals surface area contributed by atoms with Gasteiger partial charge in [-0.25, -0.2) is 14.9 Å². The Morgan fingerprint density at radius 1 is 1.45 bits per heavy atom. The molecule has 1 aromatic carbocycles. The quantitative estimate of drug-likeness (QED) is 0.331. The van der Waals surface area contributed by atoms with Crippen LogP contribution in [0.4, 0.5) is 8.78 Å². The standard InChI is InChI=1S/C13H10BrF2INO.Y/c14-9-4-2-1-3-8(9)11-6-5-10(17)13(19)18(11)7-12(15)16;/h1-4,10,12H,5,7H2;/q-1;. The zero-order chi connectivity index (χ0) is 14.0. The van der Waals surface area contributed by atoms with Gasteiger partial charge in [-0.1, -0.05) is 67.6 Å². The number of benzene rings is 1. The smallest absolute Gasteiger partial charge is 0.256 e. The fourth-order valence-electron chi connectivity index (χ4n) is 1.86. The van der Waals surface area contributed by atoms with Crippen molar-refractivity contribution in [2.75, 3.05) is 6.54 Å². The van der Waals surface area contributed by atoms with E-state index in [-0.39, 0.29) is 42.5 Å². The average molecular weight is 530 g/mol. The molecule has 0 fully saturated rings. The molecule has 1 aromatic rings. The molecule has 2 nitrogen and oxygen atoms in total. The Bertz CT molecular complexity index is 527. The number of nitrogens with zero attached hydrogens (tertiary/aromatic N) is 1. The third kappa shape index (κ3) is 4.30. The van der Waals surface area contributed by atoms with Crippen molar-refractivity contribution in [3.05, 3.63) is 40.4 Å². The minimum absolute atomic E-state index is 0. The van der Waals surface area contributed by atoms with Gasteiger partial charge in [0.15, 0.2) is 0 Å². The fourth-order valence-corrected chi connectivity index (χ4v) is 2.89. The van der Waals surface area contributed by atoms with Crippen molar-refractivity contribution in [3.63, 3.8) is 0 Å². The Labute approximate surface area is 163 Å². The number of hydrogen-bond acceptors (Lipinski definition) is 1. The third-order valence-electron chi connectivity index (χ3n) is 2.70. The van der Waals surface area contributed by atoms with Crippen molar-refractivity contribution in [2.45, 2.75) is 16.8 Å². The molecule has 0 saturated carbocycles. The number of alkyl halides is 3. The van der Waals surface area contributed by atoms with E-state index >= 15 is 0 Å². The van der Waals surface area contributed by atoms with Crippen LogP contribution < -0.4 is 0 Å². The minimum atomic E-state index is -2.56. The molecule has 1 radical (unpaired) electrons. The van der Waals surface area contributed by atoms with Gasteiger partial charge in [0.2, 0.25) is 5.91 Å². The number of amides is 1. The van der Waals surface area contributed by atoms with E-state index in [0.717, 1.165) is 9.37 Å². The number of carbonyl (C=O) groups is 1. The summed E-state index contributed by atoms with van der Waals surface area (Å²) in [7, 11) is 0. The van der Waals surface area contributed by atoms with E-state index in [1.165, 1.54) is 0 Å². The first kappa shape index (κ1) is 18.7. The summed E-state index contributed by atoms with van der Waals surface area (Å²) in [6.45, 7) is -0.595. The van der Waals surface area contributed by atoms with Crippen LogP contribution >= 0.6 is 38.5 Å². The first-order valence-corrected chi connectivity index (χ1v) is 7.64. The predicted octanol–water partition coefficient (Wildman–Crippen LogP) is 3.89. The van der Waals surface area contributed by atoms with Crippen molar-refractivity contribution in [1.82, 2.24) is 4.90 Å². The summed E-state index contributed by atoms with van der Waals surface area (Å²) >= 11 is 5.33. The number of hydrogen-bond donors (Lipinski definition) is 0. The summed E-state index contributed by atoms with van der Waals surface area (Å²) in [5.41, 5.74) is 1.14. The number of rotatable bonds is 3. The SMILES string of the molecule is O=C1C(I)C[C-]=C(c2ccccc2Br)N1CC(F)F.[Y]. The molecule has 0 bridgehead atoms. The molecule has 0 aromatic heterocycles. The van der Waals surface area contributed by atoms with Crippen LogP contribution in [0.2, 0.25) is 0 Å². The second-order valence-electron chi connectivity index (χ2n) is 4.02. The van der Waals surface area contributed by atoms with Gasteiger partial charge in [0, 0.05) is 32.7 Å². The Kier molecular flexibility index (Phi) is 7.73. The number of carbonyl (C=O) groups excluding carboxylic acids is 1. The minimum Gasteiger partial charge on any atom is -0.341 e. The van der Waals surface area contributed by atoms with E-state index in [4.69, 9.17) is 0 Å². The Morgan fingerprint density at radius 3 is 2.70 bits per heavy atom. The van der Waals surface area contributed by atoms with E-state index in [9.17, 15) is 13.6 Å². The normalized spacial score (nSPS) is 18.9. The zero-order valence-corrected chi connectivity index (χ0v) is 16.9. The van der Waals surface area contributed by atoms with Crippen molar-refractivity contribution in [2.24, 2.45) is 0 Å². The van der Waals surface area contributed by atoms with E-state index in [2.05, 4.69) is 22.0 Å². The summed E-state index contributed by atoms with van der Waals surface area (Å²) in [6.07, 6.45) is 0.938. The van der Waals surface area contributed by atoms with Crippen LogP contribution in [0.5, 0.6) is 0 Å². The van der Waals surface area contributed by atoms with Crippen LogP contribution in [0.3, 0.4) is 0 Å². The molecule has 105 valence electrons. The Morgan fingerprint density at radius 2 is 2.10 bits per heavy atom. The van der Waals surface area contributed by atoms with Gasteiger partial charge in [0.05, 0.1) is 10.5 Å². The summed E-state index contributed by atoms with van der Waals surface area (Å²) in [5, 5.41) is 0. The van der Waals surface area contributed by atoms with Crippen LogP contribution in [-0.4, -0.2) is 27.7 Å². The summed E-state index contributed by atoms with van der Waals surface area (Å²) in [5.74, 6) is -0.287. The molecule has 2 rings (SSSR count). The first-order chi connectivity index (χ1) is 9.00. The molecule has 1 unspecified atom stereocenters. The van der Waals surface area contributed by atoms with Gasteiger partial charge in [0.25, 0.3) is 6.43 Å². The maximum Gasteiger partial charge on any atom is 0.256 e. The van der Waals surface area contributed by atoms with Crippen LogP contribution in [0, 0.1) is 6.08 Å². The topological polar surface area (TPSA) is 20.3 Å². The monoisotopic (exact) mass is 529 g/mol. The number of allylic oxidation sites excluding steroid dienone is 1. The van der Waals surface area contributed by atoms with Gasteiger partial charge in [-0.2, -0.15) is 0 Å². The maximum atomic E-state index is 12.7. The first-order valence-electron chi connectivity index (χ1n) is 5.60. The molecule has 20 heavy (non-hydrogen) atoms. The predicted molar refractivity (Wildman–Crippen MR) is 80.9 cm³/mol. The van der Waals surface area contributed by atoms with Gasteiger partial charge in [-0.15, -0.1) is 17.3 Å². The molecule has 1 amide bonds. The van der Waals surface area contributed by atoms with Gasteiger partial charge < -0.3 is 4.90 Å². The second kappa shape index (κ2) is 8.29. The van der Waals surface area contributed by atoms with Crippen molar-refractivity contribution >= 4 is 50.1 Å². The van der Waals surface area contributed by atoms with Crippen LogP contribution in [0.1, 0.15) is 12.0 Å². The molecule has 7 heteroatoms. The van der Waals surface area contributed by atoms with Gasteiger partial charge in [0.1, 0.15) is 0 Å². The molecule has 0 aliphatic carbocycles. The molecule has 1 aliphatic rings. The summed E-state index contributed by atoms with van der Waals surface area (Å²) in [4.78, 5) is 13.2. The number of halogens is 4. The largest absolute Gasteiger partial charge is 0.341 e. The maximum absolute atomic E-state index is 12.7. The fraction of sp³-hybridized carbons (Fsp3) is 0.308. The zero-order valence-electron chi connectivity index (χ0n) is 10.3. The average Bonchev–Trinajstić information content (AvgIpc) is 2.36. The second-order valence-corrected chi connectivity index (χ2v) is 6.37. The van der Waals surface area contributed by atoms with Crippen LogP contribution in [-0.2, 0) is 37.5 Å². The van der Waals surface area contributed by atoms with Crippen molar-refractivity contribution in [1.29, 1.82) is 0 Å². The van der Waals surface area contributed by atoms with Crippen LogP contribution in [0.15, 0.2) is 28.7 Å². The van der Waals surface area contributed by atoms with E-state index < -0.39 is 13.0 Å². The van der Waals surface area contributed by atoms with E-state index in [1.807, 2.05) is 34.7 Å². The van der Waals surface area contributed by atoms with Crippen molar-refractivity contribution < 1.29 is 46.3 Å². The van der Waals surface area contributed by atoms with E-state index in [0.29, 0.717) is 17.7 Å². The molecule has 1 heterocycles. The molecule has 1 aliphatic heterocycles. The molecule has 0 saturated heterocycles. The summed E-state index contributed by atoms with van der Waals surface area (Å²) in [6, 6.07) is 7.23. The molecule has 0 spiro atoms. The van der Waals surface area contributed by atoms with Gasteiger partial charge >= 0.3 is 0 Å². The molecule has 1 atom stereocenters. The molecular formula is C13H10BrF2INOY-. The Balaban J connectivity index is 0.00000200.